The van der Waals surface area contributed by atoms with Gasteiger partial charge in [-0.15, -0.1) is 11.8 Å². The van der Waals surface area contributed by atoms with Crippen molar-refractivity contribution < 1.29 is 24.5 Å². The number of rotatable bonds is 6. The summed E-state index contributed by atoms with van der Waals surface area (Å²) in [6, 6.07) is 19.8. The Bertz CT molecular complexity index is 1430. The first kappa shape index (κ1) is 15.1. The van der Waals surface area contributed by atoms with Crippen molar-refractivity contribution in [3.63, 3.8) is 0 Å². The zero-order valence-corrected chi connectivity index (χ0v) is 18.9. The quantitative estimate of drug-likeness (QED) is 0.443. The van der Waals surface area contributed by atoms with Crippen molar-refractivity contribution in [1.82, 2.24) is 4.90 Å². The van der Waals surface area contributed by atoms with E-state index in [9.17, 15) is 10.2 Å². The van der Waals surface area contributed by atoms with Crippen LogP contribution >= 0.6 is 11.8 Å². The SMILES string of the molecule is [2H]C([2H])([2H])C([2H])([2H])C([2H])([2H])N1CC(Sc2ccc(C3Oc4cc(O)ccc4C(C)=C3c3ccc(O)cc3)cc2)C1. The average molecular weight is 467 g/mol. The molecule has 0 radical (unpaired) electrons. The summed E-state index contributed by atoms with van der Waals surface area (Å²) in [5.74, 6) is 0.847. The van der Waals surface area contributed by atoms with Crippen molar-refractivity contribution >= 4 is 22.9 Å². The largest absolute Gasteiger partial charge is 0.508 e. The molecule has 3 aromatic rings. The van der Waals surface area contributed by atoms with Gasteiger partial charge in [0.2, 0.25) is 0 Å². The summed E-state index contributed by atoms with van der Waals surface area (Å²) >= 11 is 1.53. The molecule has 0 spiro atoms. The van der Waals surface area contributed by atoms with Gasteiger partial charge in [0.1, 0.15) is 23.4 Å². The summed E-state index contributed by atoms with van der Waals surface area (Å²) in [7, 11) is 0. The summed E-state index contributed by atoms with van der Waals surface area (Å²) in [5, 5.41) is 19.8. The molecule has 2 aliphatic rings. The Morgan fingerprint density at radius 3 is 2.48 bits per heavy atom. The summed E-state index contributed by atoms with van der Waals surface area (Å²) in [6.45, 7) is -3.22. The molecule has 0 aliphatic carbocycles. The van der Waals surface area contributed by atoms with E-state index >= 15 is 0 Å². The van der Waals surface area contributed by atoms with Crippen LogP contribution in [0.1, 0.15) is 52.5 Å². The fourth-order valence-corrected chi connectivity index (χ4v) is 5.47. The summed E-state index contributed by atoms with van der Waals surface area (Å²) in [5.41, 5.74) is 4.60. The molecule has 0 aromatic heterocycles. The molecule has 3 aromatic carbocycles. The Morgan fingerprint density at radius 2 is 1.76 bits per heavy atom. The first-order chi connectivity index (χ1) is 18.7. The minimum atomic E-state index is -3.07. The van der Waals surface area contributed by atoms with Crippen LogP contribution in [0.15, 0.2) is 71.6 Å². The van der Waals surface area contributed by atoms with E-state index in [1.807, 2.05) is 49.4 Å². The highest BCUT2D eigenvalue weighted by molar-refractivity contribution is 8.00. The summed E-state index contributed by atoms with van der Waals surface area (Å²) < 4.78 is 60.6. The van der Waals surface area contributed by atoms with Crippen LogP contribution in [0.2, 0.25) is 0 Å². The maximum Gasteiger partial charge on any atom is 0.150 e. The molecule has 5 rings (SSSR count). The number of allylic oxidation sites excluding steroid dienone is 1. The molecule has 4 nitrogen and oxygen atoms in total. The van der Waals surface area contributed by atoms with Gasteiger partial charge >= 0.3 is 0 Å². The lowest BCUT2D eigenvalue weighted by molar-refractivity contribution is 0.191. The lowest BCUT2D eigenvalue weighted by Gasteiger charge is -2.38. The van der Waals surface area contributed by atoms with E-state index in [0.717, 1.165) is 32.7 Å². The van der Waals surface area contributed by atoms with E-state index in [2.05, 4.69) is 0 Å². The lowest BCUT2D eigenvalue weighted by Crippen LogP contribution is -2.48. The van der Waals surface area contributed by atoms with Crippen molar-refractivity contribution in [3.8, 4) is 17.2 Å². The van der Waals surface area contributed by atoms with Crippen LogP contribution in [0.3, 0.4) is 0 Å². The summed E-state index contributed by atoms with van der Waals surface area (Å²) in [4.78, 5) is 2.18. The molecule has 0 saturated carbocycles. The molecule has 2 N–H and O–H groups in total. The number of hydrogen-bond acceptors (Lipinski definition) is 5. The van der Waals surface area contributed by atoms with Crippen molar-refractivity contribution in [2.75, 3.05) is 19.6 Å². The predicted octanol–water partition coefficient (Wildman–Crippen LogP) is 6.35. The highest BCUT2D eigenvalue weighted by Gasteiger charge is 2.30. The third-order valence-electron chi connectivity index (χ3n) is 6.01. The standard InChI is InChI=1S/C28H29NO3S/c1-3-14-29-16-24(17-29)33-23-11-6-20(7-12-23)28-27(19-4-8-21(30)9-5-19)18(2)25-13-10-22(31)15-26(25)32-28/h4-13,15,24,28,30-31H,3,14,16-17H2,1-2H3/i1D3,3D2,14D2. The highest BCUT2D eigenvalue weighted by atomic mass is 32.2. The molecule has 0 amide bonds. The van der Waals surface area contributed by atoms with Gasteiger partial charge in [0.05, 0.1) is 0 Å². The van der Waals surface area contributed by atoms with Crippen LogP contribution < -0.4 is 4.74 Å². The number of phenols is 2. The maximum atomic E-state index is 10.0. The smallest absolute Gasteiger partial charge is 0.150 e. The molecule has 1 fully saturated rings. The van der Waals surface area contributed by atoms with E-state index in [1.165, 1.54) is 16.7 Å². The number of phenolic OH excluding ortho intramolecular Hbond substituents is 2. The van der Waals surface area contributed by atoms with Gasteiger partial charge in [-0.2, -0.15) is 0 Å². The van der Waals surface area contributed by atoms with Gasteiger partial charge in [-0.05, 0) is 72.9 Å². The monoisotopic (exact) mass is 466 g/mol. The average Bonchev–Trinajstić information content (AvgIpc) is 2.86. The topological polar surface area (TPSA) is 52.9 Å². The van der Waals surface area contributed by atoms with Crippen molar-refractivity contribution in [1.29, 1.82) is 0 Å². The van der Waals surface area contributed by atoms with Crippen LogP contribution in [0.5, 0.6) is 17.2 Å². The molecule has 5 heteroatoms. The second-order valence-corrected chi connectivity index (χ2v) is 9.59. The number of likely N-dealkylation sites (tertiary alicyclic amines) is 1. The van der Waals surface area contributed by atoms with Crippen LogP contribution in [0, 0.1) is 0 Å². The Kier molecular flexibility index (Phi) is 4.19. The fraction of sp³-hybridized carbons (Fsp3) is 0.286. The Labute approximate surface area is 209 Å². The molecule has 170 valence electrons. The molecular formula is C28H29NO3S. The molecule has 33 heavy (non-hydrogen) atoms. The molecular weight excluding hydrogens is 430 g/mol. The Balaban J connectivity index is 1.35. The first-order valence-electron chi connectivity index (χ1n) is 14.2. The van der Waals surface area contributed by atoms with Crippen molar-refractivity contribution in [2.45, 2.75) is 36.4 Å². The van der Waals surface area contributed by atoms with E-state index in [-0.39, 0.29) is 29.8 Å². The number of thioether (sulfide) groups is 1. The Morgan fingerprint density at radius 1 is 1.03 bits per heavy atom. The van der Waals surface area contributed by atoms with E-state index in [1.54, 1.807) is 24.3 Å². The van der Waals surface area contributed by atoms with E-state index in [4.69, 9.17) is 14.3 Å². The maximum absolute atomic E-state index is 10.0. The molecule has 1 unspecified atom stereocenters. The van der Waals surface area contributed by atoms with Crippen molar-refractivity contribution in [2.24, 2.45) is 0 Å². The number of fused-ring (bicyclic) bond motifs is 1. The van der Waals surface area contributed by atoms with Gasteiger partial charge in [-0.1, -0.05) is 31.1 Å². The second-order valence-electron chi connectivity index (χ2n) is 8.21. The fourth-order valence-electron chi connectivity index (χ4n) is 4.29. The van der Waals surface area contributed by atoms with Gasteiger partial charge in [-0.25, -0.2) is 0 Å². The molecule has 2 aliphatic heterocycles. The van der Waals surface area contributed by atoms with Crippen LogP contribution in [-0.4, -0.2) is 39.9 Å². The van der Waals surface area contributed by atoms with Crippen LogP contribution in [-0.2, 0) is 0 Å². The molecule has 1 saturated heterocycles. The van der Waals surface area contributed by atoms with Gasteiger partial charge in [0.25, 0.3) is 0 Å². The molecule has 2 heterocycles. The minimum absolute atomic E-state index is 0.0104. The zero-order chi connectivity index (χ0) is 29.0. The number of ether oxygens (including phenoxy) is 1. The molecule has 0 bridgehead atoms. The van der Waals surface area contributed by atoms with Crippen LogP contribution in [0.25, 0.3) is 11.1 Å². The Hall–Kier alpha value is -2.89. The minimum Gasteiger partial charge on any atom is -0.508 e. The third-order valence-corrected chi connectivity index (χ3v) is 7.18. The highest BCUT2D eigenvalue weighted by Crippen LogP contribution is 2.47. The van der Waals surface area contributed by atoms with E-state index < -0.39 is 25.8 Å². The van der Waals surface area contributed by atoms with Gasteiger partial charge < -0.3 is 19.8 Å². The number of hydrogen-bond donors (Lipinski definition) is 2. The first-order valence-corrected chi connectivity index (χ1v) is 11.6. The predicted molar refractivity (Wildman–Crippen MR) is 135 cm³/mol. The van der Waals surface area contributed by atoms with E-state index in [0.29, 0.717) is 5.75 Å². The third kappa shape index (κ3) is 4.48. The number of aromatic hydroxyl groups is 2. The molecule has 1 atom stereocenters. The van der Waals surface area contributed by atoms with Gasteiger partial charge in [-0.3, -0.25) is 0 Å². The van der Waals surface area contributed by atoms with Gasteiger partial charge in [0, 0.05) is 50.0 Å². The normalized spacial score (nSPS) is 22.9. The lowest BCUT2D eigenvalue weighted by atomic mass is 9.86. The summed E-state index contributed by atoms with van der Waals surface area (Å²) in [6.07, 6.45) is -3.46. The number of nitrogens with zero attached hydrogens (tertiary/aromatic N) is 1. The van der Waals surface area contributed by atoms with Crippen LogP contribution in [0.4, 0.5) is 0 Å². The van der Waals surface area contributed by atoms with Crippen molar-refractivity contribution in [3.05, 3.63) is 83.4 Å². The zero-order valence-electron chi connectivity index (χ0n) is 25.1. The van der Waals surface area contributed by atoms with Gasteiger partial charge in [0.15, 0.2) is 0 Å². The number of benzene rings is 3. The second kappa shape index (κ2) is 9.16.